The predicted octanol–water partition coefficient (Wildman–Crippen LogP) is 3.99. The van der Waals surface area contributed by atoms with E-state index in [1.165, 1.54) is 0 Å². The molecule has 0 unspecified atom stereocenters. The lowest BCUT2D eigenvalue weighted by Crippen LogP contribution is -2.33. The van der Waals surface area contributed by atoms with E-state index in [1.54, 1.807) is 6.20 Å². The SMILES string of the molecule is CCCN(CCC)C(=O)c1cnc2ccc(-c3ccc4oc(N)nc4c3)cn12. The number of rotatable bonds is 6. The molecule has 0 saturated carbocycles. The van der Waals surface area contributed by atoms with E-state index in [-0.39, 0.29) is 11.9 Å². The van der Waals surface area contributed by atoms with Crippen LogP contribution >= 0.6 is 0 Å². The smallest absolute Gasteiger partial charge is 0.292 e. The number of pyridine rings is 1. The minimum absolute atomic E-state index is 0.00748. The van der Waals surface area contributed by atoms with Crippen molar-refractivity contribution in [3.63, 3.8) is 0 Å². The van der Waals surface area contributed by atoms with Gasteiger partial charge in [0.25, 0.3) is 11.9 Å². The van der Waals surface area contributed by atoms with Crippen LogP contribution in [0.4, 0.5) is 6.01 Å². The summed E-state index contributed by atoms with van der Waals surface area (Å²) in [6.07, 6.45) is 5.45. The van der Waals surface area contributed by atoms with Crippen LogP contribution in [0.3, 0.4) is 0 Å². The molecule has 0 saturated heterocycles. The molecule has 0 radical (unpaired) electrons. The zero-order valence-electron chi connectivity index (χ0n) is 16.1. The number of nitrogens with zero attached hydrogens (tertiary/aromatic N) is 4. The third-order valence-corrected chi connectivity index (χ3v) is 4.74. The Kier molecular flexibility index (Phi) is 4.73. The van der Waals surface area contributed by atoms with Crippen LogP contribution in [0.5, 0.6) is 0 Å². The molecule has 0 aliphatic heterocycles. The molecular formula is C21H23N5O2. The van der Waals surface area contributed by atoms with Crippen molar-refractivity contribution >= 4 is 28.7 Å². The van der Waals surface area contributed by atoms with Crippen LogP contribution in [0.1, 0.15) is 37.2 Å². The van der Waals surface area contributed by atoms with Crippen molar-refractivity contribution in [1.82, 2.24) is 19.3 Å². The Morgan fingerprint density at radius 3 is 2.64 bits per heavy atom. The lowest BCUT2D eigenvalue weighted by Gasteiger charge is -2.21. The molecule has 0 bridgehead atoms. The second-order valence-electron chi connectivity index (χ2n) is 6.82. The average Bonchev–Trinajstić information content (AvgIpc) is 3.28. The number of aromatic nitrogens is 3. The highest BCUT2D eigenvalue weighted by molar-refractivity contribution is 5.93. The number of nitrogen functional groups attached to an aromatic ring is 1. The van der Waals surface area contributed by atoms with Crippen molar-refractivity contribution in [1.29, 1.82) is 0 Å². The maximum Gasteiger partial charge on any atom is 0.292 e. The lowest BCUT2D eigenvalue weighted by atomic mass is 10.1. The molecule has 144 valence electrons. The summed E-state index contributed by atoms with van der Waals surface area (Å²) in [4.78, 5) is 23.5. The Morgan fingerprint density at radius 2 is 1.89 bits per heavy atom. The van der Waals surface area contributed by atoms with Gasteiger partial charge >= 0.3 is 0 Å². The number of carbonyl (C=O) groups is 1. The molecule has 0 atom stereocenters. The van der Waals surface area contributed by atoms with Crippen LogP contribution in [0.25, 0.3) is 27.9 Å². The summed E-state index contributed by atoms with van der Waals surface area (Å²) in [5.74, 6) is 0.00748. The summed E-state index contributed by atoms with van der Waals surface area (Å²) in [5.41, 5.74) is 10.2. The molecule has 0 spiro atoms. The van der Waals surface area contributed by atoms with Crippen molar-refractivity contribution in [2.24, 2.45) is 0 Å². The van der Waals surface area contributed by atoms with Crippen LogP contribution in [0.2, 0.25) is 0 Å². The van der Waals surface area contributed by atoms with Crippen molar-refractivity contribution in [2.45, 2.75) is 26.7 Å². The fourth-order valence-electron chi connectivity index (χ4n) is 3.45. The Morgan fingerprint density at radius 1 is 1.14 bits per heavy atom. The summed E-state index contributed by atoms with van der Waals surface area (Å²) >= 11 is 0. The second kappa shape index (κ2) is 7.34. The monoisotopic (exact) mass is 377 g/mol. The van der Waals surface area contributed by atoms with Gasteiger partial charge in [-0.25, -0.2) is 4.98 Å². The van der Waals surface area contributed by atoms with Gasteiger partial charge < -0.3 is 15.1 Å². The van der Waals surface area contributed by atoms with Gasteiger partial charge in [-0.3, -0.25) is 9.20 Å². The van der Waals surface area contributed by atoms with Gasteiger partial charge in [-0.1, -0.05) is 19.9 Å². The quantitative estimate of drug-likeness (QED) is 0.549. The molecular weight excluding hydrogens is 354 g/mol. The molecule has 28 heavy (non-hydrogen) atoms. The summed E-state index contributed by atoms with van der Waals surface area (Å²) in [6, 6.07) is 9.77. The molecule has 3 heterocycles. The largest absolute Gasteiger partial charge is 0.424 e. The molecule has 3 aromatic heterocycles. The van der Waals surface area contributed by atoms with E-state index in [4.69, 9.17) is 10.2 Å². The second-order valence-corrected chi connectivity index (χ2v) is 6.82. The van der Waals surface area contributed by atoms with Crippen LogP contribution in [0, 0.1) is 0 Å². The first kappa shape index (κ1) is 18.0. The van der Waals surface area contributed by atoms with Gasteiger partial charge in [-0.05, 0) is 48.2 Å². The van der Waals surface area contributed by atoms with Gasteiger partial charge in [-0.2, -0.15) is 4.98 Å². The number of nitrogens with two attached hydrogens (primary N) is 1. The van der Waals surface area contributed by atoms with Gasteiger partial charge in [0.1, 0.15) is 16.9 Å². The zero-order chi connectivity index (χ0) is 19.7. The maximum atomic E-state index is 13.1. The van der Waals surface area contributed by atoms with E-state index in [0.29, 0.717) is 16.8 Å². The third-order valence-electron chi connectivity index (χ3n) is 4.74. The number of hydrogen-bond donors (Lipinski definition) is 1. The van der Waals surface area contributed by atoms with Crippen LogP contribution in [-0.2, 0) is 0 Å². The fraction of sp³-hybridized carbons (Fsp3) is 0.286. The zero-order valence-corrected chi connectivity index (χ0v) is 16.1. The number of amides is 1. The Bertz CT molecular complexity index is 1140. The Labute approximate surface area is 162 Å². The molecule has 4 rings (SSSR count). The van der Waals surface area contributed by atoms with Crippen molar-refractivity contribution in [3.8, 4) is 11.1 Å². The first-order chi connectivity index (χ1) is 13.6. The number of benzene rings is 1. The molecule has 1 aromatic carbocycles. The molecule has 2 N–H and O–H groups in total. The first-order valence-corrected chi connectivity index (χ1v) is 9.53. The van der Waals surface area contributed by atoms with Gasteiger partial charge in [0.05, 0.1) is 6.20 Å². The van der Waals surface area contributed by atoms with Crippen LogP contribution < -0.4 is 5.73 Å². The number of carbonyl (C=O) groups excluding carboxylic acids is 1. The molecule has 0 fully saturated rings. The average molecular weight is 377 g/mol. The first-order valence-electron chi connectivity index (χ1n) is 9.53. The van der Waals surface area contributed by atoms with Crippen molar-refractivity contribution in [2.75, 3.05) is 18.8 Å². The van der Waals surface area contributed by atoms with E-state index >= 15 is 0 Å². The highest BCUT2D eigenvalue weighted by atomic mass is 16.4. The number of oxazole rings is 1. The summed E-state index contributed by atoms with van der Waals surface area (Å²) < 4.78 is 7.20. The Balaban J connectivity index is 1.75. The lowest BCUT2D eigenvalue weighted by molar-refractivity contribution is 0.0748. The highest BCUT2D eigenvalue weighted by Crippen LogP contribution is 2.26. The molecule has 7 heteroatoms. The maximum absolute atomic E-state index is 13.1. The minimum Gasteiger partial charge on any atom is -0.424 e. The van der Waals surface area contributed by atoms with Crippen LogP contribution in [-0.4, -0.2) is 38.3 Å². The van der Waals surface area contributed by atoms with E-state index in [2.05, 4.69) is 23.8 Å². The van der Waals surface area contributed by atoms with E-state index in [1.807, 2.05) is 45.8 Å². The summed E-state index contributed by atoms with van der Waals surface area (Å²) in [6.45, 7) is 5.64. The number of hydrogen-bond acceptors (Lipinski definition) is 5. The highest BCUT2D eigenvalue weighted by Gasteiger charge is 2.19. The predicted molar refractivity (Wildman–Crippen MR) is 109 cm³/mol. The molecule has 1 amide bonds. The summed E-state index contributed by atoms with van der Waals surface area (Å²) in [7, 11) is 0. The molecule has 4 aromatic rings. The fourth-order valence-corrected chi connectivity index (χ4v) is 3.45. The number of anilines is 1. The molecule has 0 aliphatic rings. The van der Waals surface area contributed by atoms with Gasteiger partial charge in [0, 0.05) is 19.3 Å². The van der Waals surface area contributed by atoms with Crippen molar-refractivity contribution < 1.29 is 9.21 Å². The number of fused-ring (bicyclic) bond motifs is 2. The standard InChI is InChI=1S/C21H23N5O2/c1-3-9-25(10-4-2)20(27)17-12-23-19-8-6-15(13-26(17)19)14-5-7-18-16(11-14)24-21(22)28-18/h5-8,11-13H,3-4,9-10H2,1-2H3,(H2,22,24). The Hall–Kier alpha value is -3.35. The van der Waals surface area contributed by atoms with Crippen molar-refractivity contribution in [3.05, 3.63) is 48.4 Å². The third kappa shape index (κ3) is 3.19. The molecule has 0 aliphatic carbocycles. The van der Waals surface area contributed by atoms with E-state index < -0.39 is 0 Å². The topological polar surface area (TPSA) is 89.7 Å². The van der Waals surface area contributed by atoms with Gasteiger partial charge in [0.15, 0.2) is 5.58 Å². The van der Waals surface area contributed by atoms with Crippen LogP contribution in [0.15, 0.2) is 47.1 Å². The van der Waals surface area contributed by atoms with Gasteiger partial charge in [0.2, 0.25) is 0 Å². The normalized spacial score (nSPS) is 11.4. The van der Waals surface area contributed by atoms with E-state index in [9.17, 15) is 4.79 Å². The summed E-state index contributed by atoms with van der Waals surface area (Å²) in [5, 5.41) is 0. The van der Waals surface area contributed by atoms with E-state index in [0.717, 1.165) is 42.7 Å². The number of imidazole rings is 1. The minimum atomic E-state index is 0.00748. The van der Waals surface area contributed by atoms with Gasteiger partial charge in [-0.15, -0.1) is 0 Å². The molecule has 7 nitrogen and oxygen atoms in total.